The predicted molar refractivity (Wildman–Crippen MR) is 132 cm³/mol. The summed E-state index contributed by atoms with van der Waals surface area (Å²) in [5, 5.41) is 4.77. The number of hydrogen-bond acceptors (Lipinski definition) is 4. The van der Waals surface area contributed by atoms with Gasteiger partial charge in [-0.2, -0.15) is 5.10 Å². The van der Waals surface area contributed by atoms with Gasteiger partial charge in [0.1, 0.15) is 5.82 Å². The molecular weight excluding hydrogens is 396 g/mol. The van der Waals surface area contributed by atoms with E-state index < -0.39 is 0 Å². The second-order valence-electron chi connectivity index (χ2n) is 8.65. The minimum Gasteiger partial charge on any atom is -0.378 e. The van der Waals surface area contributed by atoms with Crippen molar-refractivity contribution in [3.8, 4) is 0 Å². The van der Waals surface area contributed by atoms with E-state index in [4.69, 9.17) is 9.84 Å². The van der Waals surface area contributed by atoms with Gasteiger partial charge in [-0.15, -0.1) is 0 Å². The quantitative estimate of drug-likeness (QED) is 0.459. The molecule has 0 saturated carbocycles. The fourth-order valence-corrected chi connectivity index (χ4v) is 4.48. The largest absolute Gasteiger partial charge is 0.378 e. The van der Waals surface area contributed by atoms with E-state index in [1.807, 2.05) is 0 Å². The fourth-order valence-electron chi connectivity index (χ4n) is 4.48. The van der Waals surface area contributed by atoms with Gasteiger partial charge in [-0.25, -0.2) is 0 Å². The van der Waals surface area contributed by atoms with Crippen molar-refractivity contribution in [2.24, 2.45) is 7.05 Å². The molecule has 1 saturated heterocycles. The average molecular weight is 433 g/mol. The SMILES string of the molecule is CCCc1cc(N(CCCc2ccccc2)Cc2cccc(N3CCOCC3)c2)n(C)n1. The molecule has 0 bridgehead atoms. The monoisotopic (exact) mass is 432 g/mol. The molecule has 1 fully saturated rings. The van der Waals surface area contributed by atoms with Crippen molar-refractivity contribution in [1.29, 1.82) is 0 Å². The van der Waals surface area contributed by atoms with Crippen LogP contribution in [0.1, 0.15) is 36.6 Å². The molecule has 0 aliphatic carbocycles. The summed E-state index contributed by atoms with van der Waals surface area (Å²) >= 11 is 0. The molecule has 1 aliphatic rings. The van der Waals surface area contributed by atoms with E-state index in [1.165, 1.54) is 28.3 Å². The summed E-state index contributed by atoms with van der Waals surface area (Å²) in [5.74, 6) is 1.21. The molecule has 2 heterocycles. The van der Waals surface area contributed by atoms with E-state index in [0.29, 0.717) is 0 Å². The number of aromatic nitrogens is 2. The Hall–Kier alpha value is -2.79. The van der Waals surface area contributed by atoms with Crippen molar-refractivity contribution >= 4 is 11.5 Å². The van der Waals surface area contributed by atoms with Crippen molar-refractivity contribution in [1.82, 2.24) is 9.78 Å². The Morgan fingerprint density at radius 1 is 0.938 bits per heavy atom. The van der Waals surface area contributed by atoms with Crippen molar-refractivity contribution in [2.45, 2.75) is 39.2 Å². The first-order chi connectivity index (χ1) is 15.7. The van der Waals surface area contributed by atoms with Crippen LogP contribution in [0.3, 0.4) is 0 Å². The van der Waals surface area contributed by atoms with Crippen LogP contribution in [0.5, 0.6) is 0 Å². The molecule has 1 aromatic heterocycles. The second kappa shape index (κ2) is 11.2. The number of aryl methyl sites for hydroxylation is 3. The Balaban J connectivity index is 1.50. The van der Waals surface area contributed by atoms with E-state index >= 15 is 0 Å². The highest BCUT2D eigenvalue weighted by Crippen LogP contribution is 2.23. The molecule has 2 aromatic carbocycles. The molecule has 1 aliphatic heterocycles. The molecule has 170 valence electrons. The Kier molecular flexibility index (Phi) is 7.83. The lowest BCUT2D eigenvalue weighted by atomic mass is 10.1. The normalized spacial score (nSPS) is 14.0. The number of morpholine rings is 1. The summed E-state index contributed by atoms with van der Waals surface area (Å²) in [6.45, 7) is 7.65. The maximum absolute atomic E-state index is 5.53. The van der Waals surface area contributed by atoms with Gasteiger partial charge in [-0.05, 0) is 42.5 Å². The molecule has 0 spiro atoms. The lowest BCUT2D eigenvalue weighted by Crippen LogP contribution is -2.36. The summed E-state index contributed by atoms with van der Waals surface area (Å²) in [7, 11) is 2.07. The lowest BCUT2D eigenvalue weighted by Gasteiger charge is -2.30. The molecule has 0 radical (unpaired) electrons. The minimum absolute atomic E-state index is 0.811. The predicted octanol–water partition coefficient (Wildman–Crippen LogP) is 4.85. The highest BCUT2D eigenvalue weighted by atomic mass is 16.5. The minimum atomic E-state index is 0.811. The van der Waals surface area contributed by atoms with Gasteiger partial charge >= 0.3 is 0 Å². The van der Waals surface area contributed by atoms with Crippen molar-refractivity contribution in [2.75, 3.05) is 42.6 Å². The molecule has 3 aromatic rings. The van der Waals surface area contributed by atoms with Gasteiger partial charge in [-0.1, -0.05) is 55.8 Å². The molecule has 32 heavy (non-hydrogen) atoms. The maximum atomic E-state index is 5.53. The molecule has 5 nitrogen and oxygen atoms in total. The third-order valence-electron chi connectivity index (χ3n) is 6.13. The van der Waals surface area contributed by atoms with Crippen LogP contribution in [0.4, 0.5) is 11.5 Å². The first kappa shape index (κ1) is 22.4. The highest BCUT2D eigenvalue weighted by molar-refractivity contribution is 5.50. The Labute approximate surface area is 192 Å². The molecule has 0 atom stereocenters. The molecule has 0 amide bonds. The van der Waals surface area contributed by atoms with Crippen LogP contribution in [0.15, 0.2) is 60.7 Å². The van der Waals surface area contributed by atoms with Crippen LogP contribution < -0.4 is 9.80 Å². The highest BCUT2D eigenvalue weighted by Gasteiger charge is 2.16. The van der Waals surface area contributed by atoms with Crippen LogP contribution in [0.2, 0.25) is 0 Å². The first-order valence-corrected chi connectivity index (χ1v) is 12.0. The van der Waals surface area contributed by atoms with E-state index in [1.54, 1.807) is 0 Å². The zero-order valence-corrected chi connectivity index (χ0v) is 19.5. The summed E-state index contributed by atoms with van der Waals surface area (Å²) in [5.41, 5.74) is 5.22. The summed E-state index contributed by atoms with van der Waals surface area (Å²) in [6.07, 6.45) is 4.34. The second-order valence-corrected chi connectivity index (χ2v) is 8.65. The van der Waals surface area contributed by atoms with Gasteiger partial charge in [0.2, 0.25) is 0 Å². The van der Waals surface area contributed by atoms with E-state index in [0.717, 1.165) is 65.1 Å². The molecule has 0 N–H and O–H groups in total. The van der Waals surface area contributed by atoms with Gasteiger partial charge in [-0.3, -0.25) is 4.68 Å². The number of anilines is 2. The summed E-state index contributed by atoms with van der Waals surface area (Å²) in [6, 6.07) is 22.1. The van der Waals surface area contributed by atoms with Crippen LogP contribution in [0, 0.1) is 0 Å². The first-order valence-electron chi connectivity index (χ1n) is 12.0. The van der Waals surface area contributed by atoms with Gasteiger partial charge < -0.3 is 14.5 Å². The number of ether oxygens (including phenoxy) is 1. The van der Waals surface area contributed by atoms with Gasteiger partial charge in [0, 0.05) is 45.0 Å². The molecule has 4 rings (SSSR count). The third kappa shape index (κ3) is 5.92. The topological polar surface area (TPSA) is 33.5 Å². The van der Waals surface area contributed by atoms with E-state index in [-0.39, 0.29) is 0 Å². The van der Waals surface area contributed by atoms with E-state index in [2.05, 4.69) is 89.1 Å². The van der Waals surface area contributed by atoms with Crippen LogP contribution in [0.25, 0.3) is 0 Å². The fraction of sp³-hybridized carbons (Fsp3) is 0.444. The van der Waals surface area contributed by atoms with Crippen molar-refractivity contribution in [3.05, 3.63) is 77.5 Å². The molecular formula is C27H36N4O. The van der Waals surface area contributed by atoms with Crippen LogP contribution in [-0.2, 0) is 31.2 Å². The Morgan fingerprint density at radius 2 is 1.72 bits per heavy atom. The number of benzene rings is 2. The lowest BCUT2D eigenvalue weighted by molar-refractivity contribution is 0.122. The zero-order chi connectivity index (χ0) is 22.2. The number of hydrogen-bond donors (Lipinski definition) is 0. The van der Waals surface area contributed by atoms with Crippen molar-refractivity contribution < 1.29 is 4.74 Å². The standard InChI is InChI=1S/C27H36N4O/c1-3-9-25-21-27(29(2)28-25)31(15-8-13-23-10-5-4-6-11-23)22-24-12-7-14-26(20-24)30-16-18-32-19-17-30/h4-7,10-12,14,20-21H,3,8-9,13,15-19,22H2,1-2H3. The zero-order valence-electron chi connectivity index (χ0n) is 19.5. The summed E-state index contributed by atoms with van der Waals surface area (Å²) < 4.78 is 7.59. The van der Waals surface area contributed by atoms with Crippen LogP contribution >= 0.6 is 0 Å². The van der Waals surface area contributed by atoms with Crippen molar-refractivity contribution in [3.63, 3.8) is 0 Å². The van der Waals surface area contributed by atoms with Gasteiger partial charge in [0.25, 0.3) is 0 Å². The number of nitrogens with zero attached hydrogens (tertiary/aromatic N) is 4. The van der Waals surface area contributed by atoms with Gasteiger partial charge in [0.15, 0.2) is 0 Å². The number of rotatable bonds is 10. The van der Waals surface area contributed by atoms with Crippen LogP contribution in [-0.4, -0.2) is 42.6 Å². The van der Waals surface area contributed by atoms with Gasteiger partial charge in [0.05, 0.1) is 18.9 Å². The Morgan fingerprint density at radius 3 is 2.50 bits per heavy atom. The molecule has 5 heteroatoms. The van der Waals surface area contributed by atoms with E-state index in [9.17, 15) is 0 Å². The maximum Gasteiger partial charge on any atom is 0.127 e. The third-order valence-corrected chi connectivity index (χ3v) is 6.13. The average Bonchev–Trinajstić information content (AvgIpc) is 3.20. The summed E-state index contributed by atoms with van der Waals surface area (Å²) in [4.78, 5) is 4.92. The molecule has 0 unspecified atom stereocenters. The smallest absolute Gasteiger partial charge is 0.127 e. The Bertz CT molecular complexity index is 963.